The molecule has 0 aliphatic carbocycles. The van der Waals surface area contributed by atoms with E-state index < -0.39 is 0 Å². The highest BCUT2D eigenvalue weighted by Gasteiger charge is 2.16. The Kier molecular flexibility index (Phi) is 4.87. The number of tetrazole rings is 1. The summed E-state index contributed by atoms with van der Waals surface area (Å²) in [5.41, 5.74) is 3.29. The third kappa shape index (κ3) is 4.31. The fourth-order valence-corrected chi connectivity index (χ4v) is 2.31. The van der Waals surface area contributed by atoms with Crippen LogP contribution in [0.4, 0.5) is 5.95 Å². The van der Waals surface area contributed by atoms with Crippen LogP contribution >= 0.6 is 0 Å². The molecule has 0 unspecified atom stereocenters. The largest absolute Gasteiger partial charge is 0.338 e. The maximum Gasteiger partial charge on any atom is 0.266 e. The van der Waals surface area contributed by atoms with Gasteiger partial charge in [-0.15, -0.1) is 5.10 Å². The number of hydrogen-bond donors (Lipinski definition) is 1. The van der Waals surface area contributed by atoms with Crippen molar-refractivity contribution in [1.82, 2.24) is 30.6 Å². The Labute approximate surface area is 133 Å². The van der Waals surface area contributed by atoms with Gasteiger partial charge < -0.3 is 4.90 Å². The van der Waals surface area contributed by atoms with Crippen LogP contribution in [0.3, 0.4) is 0 Å². The lowest BCUT2D eigenvalue weighted by molar-refractivity contribution is -0.122. The number of pyridine rings is 1. The number of rotatable bonds is 5. The minimum Gasteiger partial charge on any atom is -0.338 e. The van der Waals surface area contributed by atoms with E-state index in [1.54, 1.807) is 30.7 Å². The van der Waals surface area contributed by atoms with Crippen LogP contribution in [-0.4, -0.2) is 50.4 Å². The fourth-order valence-electron chi connectivity index (χ4n) is 2.31. The van der Waals surface area contributed by atoms with Crippen LogP contribution in [-0.2, 0) is 11.3 Å². The molecule has 120 valence electrons. The Morgan fingerprint density at radius 2 is 2.04 bits per heavy atom. The topological polar surface area (TPSA) is 101 Å². The van der Waals surface area contributed by atoms with Crippen molar-refractivity contribution in [2.45, 2.75) is 25.8 Å². The lowest BCUT2D eigenvalue weighted by Crippen LogP contribution is -2.30. The maximum atomic E-state index is 11.8. The minimum absolute atomic E-state index is 0.0193. The number of aromatic nitrogens is 5. The van der Waals surface area contributed by atoms with E-state index >= 15 is 0 Å². The summed E-state index contributed by atoms with van der Waals surface area (Å²) < 4.78 is 0. The Morgan fingerprint density at radius 1 is 1.26 bits per heavy atom. The summed E-state index contributed by atoms with van der Waals surface area (Å²) in [5.74, 6) is 0.274. The van der Waals surface area contributed by atoms with E-state index in [1.807, 2.05) is 0 Å². The molecule has 3 heterocycles. The van der Waals surface area contributed by atoms with Gasteiger partial charge in [-0.1, -0.05) is 5.10 Å². The second-order valence-corrected chi connectivity index (χ2v) is 5.24. The van der Waals surface area contributed by atoms with Gasteiger partial charge in [-0.2, -0.15) is 9.90 Å². The summed E-state index contributed by atoms with van der Waals surface area (Å²) in [7, 11) is 0. The monoisotopic (exact) mass is 314 g/mol. The number of anilines is 1. The normalized spacial score (nSPS) is 15.0. The van der Waals surface area contributed by atoms with Crippen LogP contribution in [0.5, 0.6) is 0 Å². The molecule has 9 nitrogen and oxygen atoms in total. The van der Waals surface area contributed by atoms with Gasteiger partial charge in [0.15, 0.2) is 0 Å². The number of nitrogens with zero attached hydrogens (tertiary/aromatic N) is 7. The molecular weight excluding hydrogens is 296 g/mol. The highest BCUT2D eigenvalue weighted by Crippen LogP contribution is 2.13. The van der Waals surface area contributed by atoms with Gasteiger partial charge in [0.2, 0.25) is 0 Å². The molecule has 1 aliphatic heterocycles. The molecule has 2 aromatic rings. The highest BCUT2D eigenvalue weighted by atomic mass is 16.2. The summed E-state index contributed by atoms with van der Waals surface area (Å²) in [6, 6.07) is 3.58. The Balaban J connectivity index is 1.50. The van der Waals surface area contributed by atoms with Gasteiger partial charge in [-0.25, -0.2) is 5.43 Å². The lowest BCUT2D eigenvalue weighted by Gasteiger charge is -2.24. The summed E-state index contributed by atoms with van der Waals surface area (Å²) in [6.07, 6.45) is 8.38. The number of hydrazone groups is 1. The fraction of sp³-hybridized carbons (Fsp3) is 0.429. The van der Waals surface area contributed by atoms with Gasteiger partial charge >= 0.3 is 0 Å². The van der Waals surface area contributed by atoms with Crippen molar-refractivity contribution in [2.75, 3.05) is 18.0 Å². The van der Waals surface area contributed by atoms with E-state index in [0.717, 1.165) is 31.5 Å². The molecule has 1 aliphatic rings. The van der Waals surface area contributed by atoms with Crippen molar-refractivity contribution in [3.8, 4) is 0 Å². The second-order valence-electron chi connectivity index (χ2n) is 5.24. The van der Waals surface area contributed by atoms with E-state index in [-0.39, 0.29) is 12.5 Å². The van der Waals surface area contributed by atoms with Crippen LogP contribution < -0.4 is 10.3 Å². The SMILES string of the molecule is O=C(Cn1nnc(N2CCCCC2)n1)N/N=C\c1ccncc1. The van der Waals surface area contributed by atoms with E-state index in [0.29, 0.717) is 5.95 Å². The van der Waals surface area contributed by atoms with E-state index in [2.05, 4.69) is 35.8 Å². The number of carbonyl (C=O) groups excluding carboxylic acids is 1. The van der Waals surface area contributed by atoms with Crippen LogP contribution in [0.2, 0.25) is 0 Å². The average molecular weight is 314 g/mol. The third-order valence-electron chi connectivity index (χ3n) is 3.48. The zero-order chi connectivity index (χ0) is 15.9. The molecule has 9 heteroatoms. The van der Waals surface area contributed by atoms with Gasteiger partial charge in [0.25, 0.3) is 11.9 Å². The molecule has 0 aromatic carbocycles. The lowest BCUT2D eigenvalue weighted by atomic mass is 10.1. The molecule has 2 aromatic heterocycles. The van der Waals surface area contributed by atoms with Crippen molar-refractivity contribution in [2.24, 2.45) is 5.10 Å². The second kappa shape index (κ2) is 7.43. The van der Waals surface area contributed by atoms with Crippen molar-refractivity contribution >= 4 is 18.1 Å². The van der Waals surface area contributed by atoms with Crippen LogP contribution in [0.1, 0.15) is 24.8 Å². The van der Waals surface area contributed by atoms with Crippen LogP contribution in [0.25, 0.3) is 0 Å². The first kappa shape index (κ1) is 15.1. The first-order valence-electron chi connectivity index (χ1n) is 7.56. The first-order chi connectivity index (χ1) is 11.3. The van der Waals surface area contributed by atoms with E-state index in [9.17, 15) is 4.79 Å². The van der Waals surface area contributed by atoms with Gasteiger partial charge in [0, 0.05) is 25.5 Å². The van der Waals surface area contributed by atoms with Crippen molar-refractivity contribution in [3.05, 3.63) is 30.1 Å². The molecule has 0 spiro atoms. The first-order valence-corrected chi connectivity index (χ1v) is 7.56. The summed E-state index contributed by atoms with van der Waals surface area (Å²) >= 11 is 0. The smallest absolute Gasteiger partial charge is 0.266 e. The molecule has 0 bridgehead atoms. The summed E-state index contributed by atoms with van der Waals surface area (Å²) in [4.78, 5) is 19.1. The van der Waals surface area contributed by atoms with Crippen molar-refractivity contribution < 1.29 is 4.79 Å². The predicted octanol–water partition coefficient (Wildman–Crippen LogP) is 0.209. The standard InChI is InChI=1S/C14H18N8O/c23-13(17-16-10-12-4-6-15-7-5-12)11-22-19-14(18-20-22)21-8-2-1-3-9-21/h4-7,10H,1-3,8-9,11H2,(H,17,23)/b16-10-. The van der Waals surface area contributed by atoms with Crippen LogP contribution in [0, 0.1) is 0 Å². The Bertz CT molecular complexity index is 662. The number of amides is 1. The third-order valence-corrected chi connectivity index (χ3v) is 3.48. The molecule has 1 fully saturated rings. The van der Waals surface area contributed by atoms with Crippen LogP contribution in [0.15, 0.2) is 29.6 Å². The van der Waals surface area contributed by atoms with Gasteiger partial charge in [-0.05, 0) is 42.2 Å². The van der Waals surface area contributed by atoms with E-state index in [1.165, 1.54) is 11.2 Å². The van der Waals surface area contributed by atoms with Crippen molar-refractivity contribution in [1.29, 1.82) is 0 Å². The molecular formula is C14H18N8O. The van der Waals surface area contributed by atoms with Gasteiger partial charge in [-0.3, -0.25) is 9.78 Å². The Morgan fingerprint density at radius 3 is 2.83 bits per heavy atom. The quantitative estimate of drug-likeness (QED) is 0.625. The minimum atomic E-state index is -0.307. The van der Waals surface area contributed by atoms with Crippen molar-refractivity contribution in [3.63, 3.8) is 0 Å². The number of hydrogen-bond acceptors (Lipinski definition) is 7. The summed E-state index contributed by atoms with van der Waals surface area (Å²) in [5, 5.41) is 16.0. The average Bonchev–Trinajstić information content (AvgIpc) is 3.05. The molecule has 1 N–H and O–H groups in total. The molecule has 0 radical (unpaired) electrons. The molecule has 1 saturated heterocycles. The van der Waals surface area contributed by atoms with Gasteiger partial charge in [0.1, 0.15) is 6.54 Å². The van der Waals surface area contributed by atoms with Gasteiger partial charge in [0.05, 0.1) is 6.21 Å². The zero-order valence-corrected chi connectivity index (χ0v) is 12.7. The molecule has 0 atom stereocenters. The number of carbonyl (C=O) groups is 1. The molecule has 0 saturated carbocycles. The number of nitrogens with one attached hydrogen (secondary N) is 1. The Hall–Kier alpha value is -2.84. The maximum absolute atomic E-state index is 11.8. The number of piperidine rings is 1. The molecule has 3 rings (SSSR count). The van der Waals surface area contributed by atoms with E-state index in [4.69, 9.17) is 0 Å². The summed E-state index contributed by atoms with van der Waals surface area (Å²) in [6.45, 7) is 1.86. The molecule has 23 heavy (non-hydrogen) atoms. The highest BCUT2D eigenvalue weighted by molar-refractivity contribution is 5.81. The zero-order valence-electron chi connectivity index (χ0n) is 12.7. The predicted molar refractivity (Wildman–Crippen MR) is 83.9 cm³/mol. The molecule has 1 amide bonds.